The van der Waals surface area contributed by atoms with E-state index in [1.54, 1.807) is 0 Å². The number of hydrogen-bond acceptors (Lipinski definition) is 1. The number of benzene rings is 1. The van der Waals surface area contributed by atoms with E-state index < -0.39 is 0 Å². The summed E-state index contributed by atoms with van der Waals surface area (Å²) in [4.78, 5) is 0. The van der Waals surface area contributed by atoms with Crippen LogP contribution < -0.4 is 5.32 Å². The van der Waals surface area contributed by atoms with Crippen LogP contribution in [0, 0.1) is 6.92 Å². The molecule has 1 rings (SSSR count). The molecule has 0 atom stereocenters. The maximum absolute atomic E-state index is 3.37. The smallest absolute Gasteiger partial charge is 0.0371 e. The van der Waals surface area contributed by atoms with Crippen LogP contribution in [-0.2, 0) is 0 Å². The van der Waals surface area contributed by atoms with Gasteiger partial charge in [0, 0.05) is 11.7 Å². The molecule has 0 aliphatic rings. The molecule has 1 heteroatoms. The summed E-state index contributed by atoms with van der Waals surface area (Å²) in [6.45, 7) is 6.41. The van der Waals surface area contributed by atoms with Gasteiger partial charge < -0.3 is 5.32 Å². The van der Waals surface area contributed by atoms with Crippen molar-refractivity contribution in [2.24, 2.45) is 0 Å². The molecule has 0 heterocycles. The molecule has 0 bridgehead atoms. The average Bonchev–Trinajstić information content (AvgIpc) is 1.93. The highest BCUT2D eigenvalue weighted by Gasteiger charge is 1.96. The van der Waals surface area contributed by atoms with Gasteiger partial charge in [-0.2, -0.15) is 0 Å². The first kappa shape index (κ1) is 8.12. The summed E-state index contributed by atoms with van der Waals surface area (Å²) in [5.41, 5.74) is 2.55. The summed E-state index contributed by atoms with van der Waals surface area (Å²) >= 11 is 0. The highest BCUT2D eigenvalue weighted by atomic mass is 14.9. The van der Waals surface area contributed by atoms with E-state index in [-0.39, 0.29) is 0 Å². The number of aryl methyl sites for hydroxylation is 1. The SMILES string of the molecule is Cc1ccccc1NC(C)C. The highest BCUT2D eigenvalue weighted by Crippen LogP contribution is 2.13. The minimum absolute atomic E-state index is 0.510. The van der Waals surface area contributed by atoms with Crippen LogP contribution in [0.4, 0.5) is 5.69 Å². The van der Waals surface area contributed by atoms with Gasteiger partial charge in [0.05, 0.1) is 0 Å². The van der Waals surface area contributed by atoms with E-state index in [9.17, 15) is 0 Å². The lowest BCUT2D eigenvalue weighted by molar-refractivity contribution is 0.897. The zero-order chi connectivity index (χ0) is 8.27. The second-order valence-electron chi connectivity index (χ2n) is 3.11. The Hall–Kier alpha value is -0.980. The molecule has 0 aromatic heterocycles. The zero-order valence-electron chi connectivity index (χ0n) is 7.39. The van der Waals surface area contributed by atoms with Crippen LogP contribution >= 0.6 is 0 Å². The predicted molar refractivity (Wildman–Crippen MR) is 49.9 cm³/mol. The summed E-state index contributed by atoms with van der Waals surface area (Å²) in [6, 6.07) is 8.84. The Bertz CT molecular complexity index is 228. The molecular weight excluding hydrogens is 134 g/mol. The van der Waals surface area contributed by atoms with E-state index in [0.29, 0.717) is 6.04 Å². The van der Waals surface area contributed by atoms with Crippen LogP contribution in [0.15, 0.2) is 24.3 Å². The quantitative estimate of drug-likeness (QED) is 0.681. The Balaban J connectivity index is 2.78. The molecule has 0 saturated heterocycles. The molecular formula is C10H15N. The Morgan fingerprint density at radius 3 is 2.36 bits per heavy atom. The van der Waals surface area contributed by atoms with Crippen molar-refractivity contribution in [1.29, 1.82) is 0 Å². The van der Waals surface area contributed by atoms with Gasteiger partial charge >= 0.3 is 0 Å². The predicted octanol–water partition coefficient (Wildman–Crippen LogP) is 2.82. The molecule has 60 valence electrons. The van der Waals surface area contributed by atoms with Gasteiger partial charge in [-0.3, -0.25) is 0 Å². The highest BCUT2D eigenvalue weighted by molar-refractivity contribution is 5.50. The molecule has 0 amide bonds. The largest absolute Gasteiger partial charge is 0.383 e. The van der Waals surface area contributed by atoms with Crippen LogP contribution in [0.5, 0.6) is 0 Å². The van der Waals surface area contributed by atoms with Crippen molar-refractivity contribution in [3.8, 4) is 0 Å². The van der Waals surface area contributed by atoms with Crippen molar-refractivity contribution >= 4 is 5.69 Å². The lowest BCUT2D eigenvalue weighted by Gasteiger charge is -2.11. The topological polar surface area (TPSA) is 12.0 Å². The lowest BCUT2D eigenvalue weighted by Crippen LogP contribution is -2.10. The normalized spacial score (nSPS) is 10.2. The number of rotatable bonds is 2. The Morgan fingerprint density at radius 2 is 1.82 bits per heavy atom. The van der Waals surface area contributed by atoms with Crippen molar-refractivity contribution in [3.05, 3.63) is 29.8 Å². The summed E-state index contributed by atoms with van der Waals surface area (Å²) in [7, 11) is 0. The molecule has 0 unspecified atom stereocenters. The molecule has 0 aliphatic heterocycles. The van der Waals surface area contributed by atoms with Crippen LogP contribution in [0.25, 0.3) is 0 Å². The molecule has 0 fully saturated rings. The number of para-hydroxylation sites is 1. The molecule has 0 saturated carbocycles. The van der Waals surface area contributed by atoms with Crippen molar-refractivity contribution in [2.75, 3.05) is 5.32 Å². The number of hydrogen-bond donors (Lipinski definition) is 1. The third kappa shape index (κ3) is 2.26. The Labute approximate surface area is 68.4 Å². The van der Waals surface area contributed by atoms with E-state index in [1.165, 1.54) is 11.3 Å². The standard InChI is InChI=1S/C10H15N/c1-8(2)11-10-7-5-4-6-9(10)3/h4-8,11H,1-3H3. The fraction of sp³-hybridized carbons (Fsp3) is 0.400. The fourth-order valence-corrected chi connectivity index (χ4v) is 1.05. The molecule has 1 N–H and O–H groups in total. The summed E-state index contributed by atoms with van der Waals surface area (Å²) in [6.07, 6.45) is 0. The van der Waals surface area contributed by atoms with Gasteiger partial charge in [0.25, 0.3) is 0 Å². The Morgan fingerprint density at radius 1 is 1.18 bits per heavy atom. The lowest BCUT2D eigenvalue weighted by atomic mass is 10.2. The number of anilines is 1. The second kappa shape index (κ2) is 3.42. The maximum Gasteiger partial charge on any atom is 0.0371 e. The third-order valence-corrected chi connectivity index (χ3v) is 1.59. The molecule has 1 aromatic carbocycles. The third-order valence-electron chi connectivity index (χ3n) is 1.59. The van der Waals surface area contributed by atoms with Crippen molar-refractivity contribution in [2.45, 2.75) is 26.8 Å². The second-order valence-corrected chi connectivity index (χ2v) is 3.11. The van der Waals surface area contributed by atoms with Crippen LogP contribution in [0.2, 0.25) is 0 Å². The van der Waals surface area contributed by atoms with Gasteiger partial charge in [-0.15, -0.1) is 0 Å². The van der Waals surface area contributed by atoms with Gasteiger partial charge in [0.1, 0.15) is 0 Å². The van der Waals surface area contributed by atoms with E-state index in [1.807, 2.05) is 0 Å². The van der Waals surface area contributed by atoms with Gasteiger partial charge in [0.15, 0.2) is 0 Å². The van der Waals surface area contributed by atoms with E-state index in [2.05, 4.69) is 50.4 Å². The first-order valence-corrected chi connectivity index (χ1v) is 4.02. The fourth-order valence-electron chi connectivity index (χ4n) is 1.05. The summed E-state index contributed by atoms with van der Waals surface area (Å²) < 4.78 is 0. The maximum atomic E-state index is 3.37. The molecule has 11 heavy (non-hydrogen) atoms. The Kier molecular flexibility index (Phi) is 2.53. The summed E-state index contributed by atoms with van der Waals surface area (Å²) in [5, 5.41) is 3.37. The van der Waals surface area contributed by atoms with Crippen LogP contribution in [-0.4, -0.2) is 6.04 Å². The molecule has 0 aliphatic carbocycles. The van der Waals surface area contributed by atoms with Crippen molar-refractivity contribution < 1.29 is 0 Å². The molecule has 0 radical (unpaired) electrons. The number of nitrogens with one attached hydrogen (secondary N) is 1. The first-order valence-electron chi connectivity index (χ1n) is 4.02. The minimum Gasteiger partial charge on any atom is -0.383 e. The molecule has 0 spiro atoms. The van der Waals surface area contributed by atoms with Gasteiger partial charge in [-0.1, -0.05) is 18.2 Å². The average molecular weight is 149 g/mol. The molecule has 1 nitrogen and oxygen atoms in total. The summed E-state index contributed by atoms with van der Waals surface area (Å²) in [5.74, 6) is 0. The zero-order valence-corrected chi connectivity index (χ0v) is 7.39. The van der Waals surface area contributed by atoms with Gasteiger partial charge in [-0.05, 0) is 32.4 Å². The van der Waals surface area contributed by atoms with Crippen molar-refractivity contribution in [3.63, 3.8) is 0 Å². The first-order chi connectivity index (χ1) is 5.20. The minimum atomic E-state index is 0.510. The van der Waals surface area contributed by atoms with E-state index >= 15 is 0 Å². The van der Waals surface area contributed by atoms with Crippen LogP contribution in [0.1, 0.15) is 19.4 Å². The van der Waals surface area contributed by atoms with Gasteiger partial charge in [-0.25, -0.2) is 0 Å². The molecule has 1 aromatic rings. The van der Waals surface area contributed by atoms with E-state index in [4.69, 9.17) is 0 Å². The van der Waals surface area contributed by atoms with Gasteiger partial charge in [0.2, 0.25) is 0 Å². The van der Waals surface area contributed by atoms with Crippen LogP contribution in [0.3, 0.4) is 0 Å². The monoisotopic (exact) mass is 149 g/mol. The van der Waals surface area contributed by atoms with Crippen molar-refractivity contribution in [1.82, 2.24) is 0 Å². The van der Waals surface area contributed by atoms with E-state index in [0.717, 1.165) is 0 Å².